The molecule has 1 aliphatic rings. The third kappa shape index (κ3) is 4.64. The highest BCUT2D eigenvalue weighted by molar-refractivity contribution is 5.76. The van der Waals surface area contributed by atoms with Gasteiger partial charge >= 0.3 is 0 Å². The molecule has 0 radical (unpaired) electrons. The van der Waals surface area contributed by atoms with Crippen molar-refractivity contribution in [1.29, 1.82) is 0 Å². The molecular formula is C13H26N2O2. The molecule has 0 bridgehead atoms. The number of likely N-dealkylation sites (tertiary alicyclic amines) is 1. The Kier molecular flexibility index (Phi) is 5.92. The molecule has 17 heavy (non-hydrogen) atoms. The molecule has 1 rings (SSSR count). The van der Waals surface area contributed by atoms with Gasteiger partial charge < -0.3 is 15.4 Å². The van der Waals surface area contributed by atoms with Crippen molar-refractivity contribution in [3.05, 3.63) is 0 Å². The molecule has 4 heteroatoms. The highest BCUT2D eigenvalue weighted by Gasteiger charge is 2.25. The topological polar surface area (TPSA) is 55.6 Å². The summed E-state index contributed by atoms with van der Waals surface area (Å²) in [6.07, 6.45) is 2.71. The predicted molar refractivity (Wildman–Crippen MR) is 68.6 cm³/mol. The SMILES string of the molecule is COCC1CCCN(C(=O)CC(N)C(C)C)C1. The van der Waals surface area contributed by atoms with Crippen molar-refractivity contribution < 1.29 is 9.53 Å². The number of hydrogen-bond donors (Lipinski definition) is 1. The molecule has 1 amide bonds. The quantitative estimate of drug-likeness (QED) is 0.789. The second-order valence-corrected chi connectivity index (χ2v) is 5.42. The first-order valence-electron chi connectivity index (χ1n) is 6.57. The van der Waals surface area contributed by atoms with E-state index < -0.39 is 0 Å². The summed E-state index contributed by atoms with van der Waals surface area (Å²) in [7, 11) is 1.72. The molecule has 0 aliphatic carbocycles. The van der Waals surface area contributed by atoms with Crippen LogP contribution in [0.25, 0.3) is 0 Å². The van der Waals surface area contributed by atoms with E-state index in [0.29, 0.717) is 18.3 Å². The summed E-state index contributed by atoms with van der Waals surface area (Å²) >= 11 is 0. The molecular weight excluding hydrogens is 216 g/mol. The van der Waals surface area contributed by atoms with Crippen LogP contribution in [0, 0.1) is 11.8 Å². The first-order chi connectivity index (χ1) is 8.04. The van der Waals surface area contributed by atoms with Crippen LogP contribution in [-0.2, 0) is 9.53 Å². The minimum atomic E-state index is -0.0229. The fourth-order valence-corrected chi connectivity index (χ4v) is 2.23. The van der Waals surface area contributed by atoms with Gasteiger partial charge in [-0.2, -0.15) is 0 Å². The van der Waals surface area contributed by atoms with Crippen LogP contribution in [0.2, 0.25) is 0 Å². The van der Waals surface area contributed by atoms with Gasteiger partial charge in [-0.3, -0.25) is 4.79 Å². The van der Waals surface area contributed by atoms with Gasteiger partial charge in [-0.1, -0.05) is 13.8 Å². The number of nitrogens with zero attached hydrogens (tertiary/aromatic N) is 1. The molecule has 2 unspecified atom stereocenters. The molecule has 0 aromatic heterocycles. The Bertz CT molecular complexity index is 242. The van der Waals surface area contributed by atoms with E-state index >= 15 is 0 Å². The van der Waals surface area contributed by atoms with Gasteiger partial charge in [-0.05, 0) is 24.7 Å². The first kappa shape index (κ1) is 14.5. The summed E-state index contributed by atoms with van der Waals surface area (Å²) in [6.45, 7) is 6.57. The Morgan fingerprint density at radius 3 is 2.82 bits per heavy atom. The normalized spacial score (nSPS) is 22.9. The molecule has 1 saturated heterocycles. The third-order valence-corrected chi connectivity index (χ3v) is 3.54. The number of ether oxygens (including phenoxy) is 1. The standard InChI is InChI=1S/C13H26N2O2/c1-10(2)12(14)7-13(16)15-6-4-5-11(8-15)9-17-3/h10-12H,4-9,14H2,1-3H3. The van der Waals surface area contributed by atoms with E-state index in [-0.39, 0.29) is 11.9 Å². The highest BCUT2D eigenvalue weighted by Crippen LogP contribution is 2.18. The molecule has 0 saturated carbocycles. The van der Waals surface area contributed by atoms with Crippen molar-refractivity contribution in [3.8, 4) is 0 Å². The predicted octanol–water partition coefficient (Wildman–Crippen LogP) is 1.24. The lowest BCUT2D eigenvalue weighted by Crippen LogP contribution is -2.44. The fraction of sp³-hybridized carbons (Fsp3) is 0.923. The third-order valence-electron chi connectivity index (χ3n) is 3.54. The van der Waals surface area contributed by atoms with Crippen LogP contribution in [0.5, 0.6) is 0 Å². The Balaban J connectivity index is 2.40. The van der Waals surface area contributed by atoms with Crippen molar-refractivity contribution in [2.24, 2.45) is 17.6 Å². The molecule has 1 fully saturated rings. The average molecular weight is 242 g/mol. The Morgan fingerprint density at radius 1 is 1.53 bits per heavy atom. The van der Waals surface area contributed by atoms with Gasteiger partial charge in [-0.25, -0.2) is 0 Å². The zero-order valence-electron chi connectivity index (χ0n) is 11.3. The number of methoxy groups -OCH3 is 1. The smallest absolute Gasteiger partial charge is 0.224 e. The van der Waals surface area contributed by atoms with E-state index in [1.54, 1.807) is 7.11 Å². The summed E-state index contributed by atoms with van der Waals surface area (Å²) in [6, 6.07) is -0.0229. The Morgan fingerprint density at radius 2 is 2.24 bits per heavy atom. The van der Waals surface area contributed by atoms with Gasteiger partial charge in [-0.15, -0.1) is 0 Å². The average Bonchev–Trinajstić information content (AvgIpc) is 2.29. The van der Waals surface area contributed by atoms with Crippen LogP contribution < -0.4 is 5.73 Å². The number of nitrogens with two attached hydrogens (primary N) is 1. The second-order valence-electron chi connectivity index (χ2n) is 5.42. The molecule has 1 heterocycles. The molecule has 0 aromatic carbocycles. The van der Waals surface area contributed by atoms with Crippen LogP contribution in [0.4, 0.5) is 0 Å². The lowest BCUT2D eigenvalue weighted by molar-refractivity contribution is -0.134. The van der Waals surface area contributed by atoms with Gasteiger partial charge in [0.25, 0.3) is 0 Å². The fourth-order valence-electron chi connectivity index (χ4n) is 2.23. The lowest BCUT2D eigenvalue weighted by atomic mass is 9.97. The molecule has 100 valence electrons. The zero-order valence-corrected chi connectivity index (χ0v) is 11.3. The van der Waals surface area contributed by atoms with Crippen molar-refractivity contribution in [3.63, 3.8) is 0 Å². The monoisotopic (exact) mass is 242 g/mol. The van der Waals surface area contributed by atoms with Crippen molar-refractivity contribution in [2.75, 3.05) is 26.8 Å². The van der Waals surface area contributed by atoms with E-state index in [9.17, 15) is 4.79 Å². The second kappa shape index (κ2) is 6.97. The van der Waals surface area contributed by atoms with Gasteiger partial charge in [0.2, 0.25) is 5.91 Å². The minimum absolute atomic E-state index is 0.0229. The molecule has 0 spiro atoms. The largest absolute Gasteiger partial charge is 0.384 e. The number of hydrogen-bond acceptors (Lipinski definition) is 3. The maximum atomic E-state index is 12.1. The van der Waals surface area contributed by atoms with Crippen molar-refractivity contribution >= 4 is 5.91 Å². The van der Waals surface area contributed by atoms with Gasteiger partial charge in [0.1, 0.15) is 0 Å². The summed E-state index contributed by atoms with van der Waals surface area (Å²) < 4.78 is 5.17. The Labute approximate surface area is 104 Å². The van der Waals surface area contributed by atoms with Crippen LogP contribution in [0.3, 0.4) is 0 Å². The molecule has 0 aromatic rings. The van der Waals surface area contributed by atoms with E-state index in [1.165, 1.54) is 0 Å². The number of rotatable bonds is 5. The van der Waals surface area contributed by atoms with Gasteiger partial charge in [0.15, 0.2) is 0 Å². The van der Waals surface area contributed by atoms with E-state index in [4.69, 9.17) is 10.5 Å². The van der Waals surface area contributed by atoms with Gasteiger partial charge in [0.05, 0.1) is 6.61 Å². The lowest BCUT2D eigenvalue weighted by Gasteiger charge is -2.33. The molecule has 4 nitrogen and oxygen atoms in total. The maximum absolute atomic E-state index is 12.1. The Hall–Kier alpha value is -0.610. The van der Waals surface area contributed by atoms with E-state index in [1.807, 2.05) is 4.90 Å². The summed E-state index contributed by atoms with van der Waals surface area (Å²) in [4.78, 5) is 14.0. The van der Waals surface area contributed by atoms with Crippen LogP contribution >= 0.6 is 0 Å². The first-order valence-corrected chi connectivity index (χ1v) is 6.57. The molecule has 2 atom stereocenters. The number of carbonyl (C=O) groups excluding carboxylic acids is 1. The number of carbonyl (C=O) groups is 1. The summed E-state index contributed by atoms with van der Waals surface area (Å²) in [5, 5.41) is 0. The van der Waals surface area contributed by atoms with Crippen molar-refractivity contribution in [1.82, 2.24) is 4.90 Å². The van der Waals surface area contributed by atoms with Crippen LogP contribution in [0.1, 0.15) is 33.1 Å². The van der Waals surface area contributed by atoms with E-state index in [2.05, 4.69) is 13.8 Å². The zero-order chi connectivity index (χ0) is 12.8. The number of amides is 1. The molecule has 2 N–H and O–H groups in total. The summed E-state index contributed by atoms with van der Waals surface area (Å²) in [5.74, 6) is 1.05. The van der Waals surface area contributed by atoms with Crippen LogP contribution in [-0.4, -0.2) is 43.7 Å². The molecule has 1 aliphatic heterocycles. The van der Waals surface area contributed by atoms with E-state index in [0.717, 1.165) is 32.5 Å². The highest BCUT2D eigenvalue weighted by atomic mass is 16.5. The van der Waals surface area contributed by atoms with Gasteiger partial charge in [0, 0.05) is 32.7 Å². The maximum Gasteiger partial charge on any atom is 0.224 e. The summed E-state index contributed by atoms with van der Waals surface area (Å²) in [5.41, 5.74) is 5.95. The number of piperidine rings is 1. The van der Waals surface area contributed by atoms with Crippen LogP contribution in [0.15, 0.2) is 0 Å². The van der Waals surface area contributed by atoms with Crippen molar-refractivity contribution in [2.45, 2.75) is 39.2 Å². The minimum Gasteiger partial charge on any atom is -0.384 e.